The van der Waals surface area contributed by atoms with E-state index in [9.17, 15) is 0 Å². The molecule has 0 saturated heterocycles. The van der Waals surface area contributed by atoms with Gasteiger partial charge in [0, 0.05) is 10.9 Å². The number of fused-ring (bicyclic) bond motifs is 1. The SMILES string of the molecule is Cc1cccc2ccc(-c3ccccc3C#N)nc12. The highest BCUT2D eigenvalue weighted by Gasteiger charge is 2.07. The summed E-state index contributed by atoms with van der Waals surface area (Å²) < 4.78 is 0. The van der Waals surface area contributed by atoms with E-state index in [1.165, 1.54) is 0 Å². The number of aromatic nitrogens is 1. The van der Waals surface area contributed by atoms with E-state index in [4.69, 9.17) is 10.2 Å². The zero-order valence-corrected chi connectivity index (χ0v) is 10.6. The fourth-order valence-electron chi connectivity index (χ4n) is 2.25. The van der Waals surface area contributed by atoms with Crippen molar-refractivity contribution >= 4 is 10.9 Å². The first-order valence-electron chi connectivity index (χ1n) is 6.15. The molecule has 0 radical (unpaired) electrons. The zero-order valence-electron chi connectivity index (χ0n) is 10.6. The lowest BCUT2D eigenvalue weighted by molar-refractivity contribution is 1.35. The van der Waals surface area contributed by atoms with Gasteiger partial charge in [-0.05, 0) is 24.6 Å². The van der Waals surface area contributed by atoms with Crippen LogP contribution >= 0.6 is 0 Å². The Morgan fingerprint density at radius 3 is 2.63 bits per heavy atom. The average molecular weight is 244 g/mol. The van der Waals surface area contributed by atoms with Gasteiger partial charge in [-0.2, -0.15) is 5.26 Å². The Bertz CT molecular complexity index is 798. The highest BCUT2D eigenvalue weighted by atomic mass is 14.7. The third kappa shape index (κ3) is 1.96. The fraction of sp³-hybridized carbons (Fsp3) is 0.0588. The smallest absolute Gasteiger partial charge is 0.0998 e. The Labute approximate surface area is 112 Å². The molecule has 0 spiro atoms. The summed E-state index contributed by atoms with van der Waals surface area (Å²) in [4.78, 5) is 4.70. The number of hydrogen-bond donors (Lipinski definition) is 0. The molecule has 0 unspecified atom stereocenters. The van der Waals surface area contributed by atoms with Crippen molar-refractivity contribution in [1.82, 2.24) is 4.98 Å². The van der Waals surface area contributed by atoms with Crippen LogP contribution in [0.5, 0.6) is 0 Å². The summed E-state index contributed by atoms with van der Waals surface area (Å²) >= 11 is 0. The second-order valence-corrected chi connectivity index (χ2v) is 4.50. The van der Waals surface area contributed by atoms with Crippen molar-refractivity contribution in [2.24, 2.45) is 0 Å². The van der Waals surface area contributed by atoms with Crippen LogP contribution < -0.4 is 0 Å². The third-order valence-corrected chi connectivity index (χ3v) is 3.25. The maximum absolute atomic E-state index is 9.17. The van der Waals surface area contributed by atoms with Gasteiger partial charge in [-0.15, -0.1) is 0 Å². The van der Waals surface area contributed by atoms with E-state index >= 15 is 0 Å². The van der Waals surface area contributed by atoms with Crippen molar-refractivity contribution < 1.29 is 0 Å². The lowest BCUT2D eigenvalue weighted by Crippen LogP contribution is -1.90. The molecule has 1 heterocycles. The summed E-state index contributed by atoms with van der Waals surface area (Å²) in [6.45, 7) is 2.05. The van der Waals surface area contributed by atoms with Gasteiger partial charge in [0.1, 0.15) is 0 Å². The normalized spacial score (nSPS) is 10.3. The monoisotopic (exact) mass is 244 g/mol. The quantitative estimate of drug-likeness (QED) is 0.646. The number of nitrogens with zero attached hydrogens (tertiary/aromatic N) is 2. The first kappa shape index (κ1) is 11.4. The van der Waals surface area contributed by atoms with Crippen LogP contribution in [0.2, 0.25) is 0 Å². The minimum atomic E-state index is 0.655. The number of hydrogen-bond acceptors (Lipinski definition) is 2. The molecule has 0 aliphatic heterocycles. The molecular weight excluding hydrogens is 232 g/mol. The molecule has 0 aliphatic carbocycles. The predicted molar refractivity (Wildman–Crippen MR) is 76.6 cm³/mol. The Kier molecular flexibility index (Phi) is 2.74. The summed E-state index contributed by atoms with van der Waals surface area (Å²) in [6, 6.07) is 19.9. The Hall–Kier alpha value is -2.66. The molecule has 0 bridgehead atoms. The number of aryl methyl sites for hydroxylation is 1. The van der Waals surface area contributed by atoms with Crippen molar-refractivity contribution in [3.63, 3.8) is 0 Å². The molecular formula is C17H12N2. The first-order chi connectivity index (χ1) is 9.29. The summed E-state index contributed by atoms with van der Waals surface area (Å²) in [5.41, 5.74) is 4.53. The van der Waals surface area contributed by atoms with Gasteiger partial charge in [-0.3, -0.25) is 0 Å². The van der Waals surface area contributed by atoms with Gasteiger partial charge in [0.25, 0.3) is 0 Å². The Balaban J connectivity index is 2.27. The van der Waals surface area contributed by atoms with Crippen LogP contribution in [0.15, 0.2) is 54.6 Å². The van der Waals surface area contributed by atoms with Gasteiger partial charge in [0.05, 0.1) is 22.8 Å². The van der Waals surface area contributed by atoms with E-state index < -0.39 is 0 Å². The van der Waals surface area contributed by atoms with Crippen molar-refractivity contribution in [3.8, 4) is 17.3 Å². The second-order valence-electron chi connectivity index (χ2n) is 4.50. The van der Waals surface area contributed by atoms with Gasteiger partial charge in [-0.1, -0.05) is 42.5 Å². The lowest BCUT2D eigenvalue weighted by Gasteiger charge is -2.06. The van der Waals surface area contributed by atoms with Crippen molar-refractivity contribution in [2.45, 2.75) is 6.92 Å². The van der Waals surface area contributed by atoms with Gasteiger partial charge >= 0.3 is 0 Å². The van der Waals surface area contributed by atoms with E-state index in [1.807, 2.05) is 36.4 Å². The molecule has 0 amide bonds. The highest BCUT2D eigenvalue weighted by Crippen LogP contribution is 2.25. The standard InChI is InChI=1S/C17H12N2/c1-12-5-4-7-13-9-10-16(19-17(12)13)15-8-3-2-6-14(15)11-18/h2-10H,1H3. The molecule has 0 atom stereocenters. The van der Waals surface area contributed by atoms with Gasteiger partial charge in [0.2, 0.25) is 0 Å². The number of nitriles is 1. The molecule has 2 heteroatoms. The summed E-state index contributed by atoms with van der Waals surface area (Å²) in [7, 11) is 0. The maximum Gasteiger partial charge on any atom is 0.0998 e. The summed E-state index contributed by atoms with van der Waals surface area (Å²) in [5, 5.41) is 10.3. The molecule has 1 aromatic heterocycles. The van der Waals surface area contributed by atoms with E-state index in [1.54, 1.807) is 0 Å². The minimum absolute atomic E-state index is 0.655. The maximum atomic E-state index is 9.17. The molecule has 19 heavy (non-hydrogen) atoms. The molecule has 3 rings (SSSR count). The molecule has 0 aliphatic rings. The van der Waals surface area contributed by atoms with Crippen LogP contribution in [0, 0.1) is 18.3 Å². The number of para-hydroxylation sites is 1. The van der Waals surface area contributed by atoms with E-state index in [2.05, 4.69) is 31.2 Å². The molecule has 2 aromatic carbocycles. The van der Waals surface area contributed by atoms with Gasteiger partial charge in [0.15, 0.2) is 0 Å². The van der Waals surface area contributed by atoms with Crippen molar-refractivity contribution in [1.29, 1.82) is 5.26 Å². The van der Waals surface area contributed by atoms with Crippen LogP contribution in [0.4, 0.5) is 0 Å². The molecule has 0 saturated carbocycles. The molecule has 90 valence electrons. The van der Waals surface area contributed by atoms with Crippen LogP contribution in [0.25, 0.3) is 22.2 Å². The minimum Gasteiger partial charge on any atom is -0.247 e. The molecule has 0 N–H and O–H groups in total. The lowest BCUT2D eigenvalue weighted by atomic mass is 10.0. The van der Waals surface area contributed by atoms with E-state index in [0.29, 0.717) is 5.56 Å². The van der Waals surface area contributed by atoms with Gasteiger partial charge in [-0.25, -0.2) is 4.98 Å². The van der Waals surface area contributed by atoms with Crippen LogP contribution in [-0.2, 0) is 0 Å². The molecule has 2 nitrogen and oxygen atoms in total. The predicted octanol–water partition coefficient (Wildman–Crippen LogP) is 4.08. The zero-order chi connectivity index (χ0) is 13.2. The topological polar surface area (TPSA) is 36.7 Å². The second kappa shape index (κ2) is 4.55. The average Bonchev–Trinajstić information content (AvgIpc) is 2.47. The van der Waals surface area contributed by atoms with Crippen LogP contribution in [-0.4, -0.2) is 4.98 Å². The first-order valence-corrected chi connectivity index (χ1v) is 6.15. The number of rotatable bonds is 1. The van der Waals surface area contributed by atoms with Crippen molar-refractivity contribution in [3.05, 3.63) is 65.7 Å². The number of benzene rings is 2. The van der Waals surface area contributed by atoms with Gasteiger partial charge < -0.3 is 0 Å². The highest BCUT2D eigenvalue weighted by molar-refractivity contribution is 5.84. The van der Waals surface area contributed by atoms with Crippen LogP contribution in [0.1, 0.15) is 11.1 Å². The van der Waals surface area contributed by atoms with Crippen LogP contribution in [0.3, 0.4) is 0 Å². The molecule has 3 aromatic rings. The van der Waals surface area contributed by atoms with E-state index in [0.717, 1.165) is 27.7 Å². The summed E-state index contributed by atoms with van der Waals surface area (Å²) in [5.74, 6) is 0. The fourth-order valence-corrected chi connectivity index (χ4v) is 2.25. The molecule has 0 fully saturated rings. The largest absolute Gasteiger partial charge is 0.247 e. The third-order valence-electron chi connectivity index (χ3n) is 3.25. The number of pyridine rings is 1. The van der Waals surface area contributed by atoms with E-state index in [-0.39, 0.29) is 0 Å². The van der Waals surface area contributed by atoms with Crippen molar-refractivity contribution in [2.75, 3.05) is 0 Å². The summed E-state index contributed by atoms with van der Waals surface area (Å²) in [6.07, 6.45) is 0. The Morgan fingerprint density at radius 2 is 1.79 bits per heavy atom. The Morgan fingerprint density at radius 1 is 0.947 bits per heavy atom.